The third kappa shape index (κ3) is 4.33. The SMILES string of the molecule is NC(=O)c1ccc(C(=O)NCCNc2ncc(Cl)cc2Cl)s1. The van der Waals surface area contributed by atoms with Gasteiger partial charge in [-0.2, -0.15) is 0 Å². The number of pyridine rings is 1. The summed E-state index contributed by atoms with van der Waals surface area (Å²) in [6, 6.07) is 4.66. The normalized spacial score (nSPS) is 10.3. The Labute approximate surface area is 140 Å². The average molecular weight is 359 g/mol. The van der Waals surface area contributed by atoms with Crippen molar-refractivity contribution >= 4 is 52.2 Å². The van der Waals surface area contributed by atoms with Crippen LogP contribution in [-0.2, 0) is 0 Å². The Hall–Kier alpha value is -1.83. The molecule has 4 N–H and O–H groups in total. The average Bonchev–Trinajstić information content (AvgIpc) is 2.95. The van der Waals surface area contributed by atoms with E-state index in [0.717, 1.165) is 11.3 Å². The fraction of sp³-hybridized carbons (Fsp3) is 0.154. The Bertz CT molecular complexity index is 705. The topological polar surface area (TPSA) is 97.1 Å². The molecule has 0 aliphatic carbocycles. The highest BCUT2D eigenvalue weighted by Crippen LogP contribution is 2.22. The number of amides is 2. The zero-order valence-corrected chi connectivity index (χ0v) is 13.6. The van der Waals surface area contributed by atoms with Crippen LogP contribution in [0.25, 0.3) is 0 Å². The summed E-state index contributed by atoms with van der Waals surface area (Å²) in [6.07, 6.45) is 1.48. The first-order valence-corrected chi connectivity index (χ1v) is 7.77. The zero-order valence-electron chi connectivity index (χ0n) is 11.2. The summed E-state index contributed by atoms with van der Waals surface area (Å²) in [7, 11) is 0. The lowest BCUT2D eigenvalue weighted by Crippen LogP contribution is -2.28. The van der Waals surface area contributed by atoms with Gasteiger partial charge in [-0.3, -0.25) is 9.59 Å². The molecule has 22 heavy (non-hydrogen) atoms. The van der Waals surface area contributed by atoms with Gasteiger partial charge < -0.3 is 16.4 Å². The molecule has 0 saturated heterocycles. The molecule has 0 aliphatic heterocycles. The number of carbonyl (C=O) groups excluding carboxylic acids is 2. The molecule has 0 aliphatic rings. The van der Waals surface area contributed by atoms with E-state index in [9.17, 15) is 9.59 Å². The van der Waals surface area contributed by atoms with E-state index in [1.54, 1.807) is 12.1 Å². The number of nitrogens with one attached hydrogen (secondary N) is 2. The highest BCUT2D eigenvalue weighted by molar-refractivity contribution is 7.15. The lowest BCUT2D eigenvalue weighted by atomic mass is 10.4. The van der Waals surface area contributed by atoms with Crippen LogP contribution in [0.3, 0.4) is 0 Å². The van der Waals surface area contributed by atoms with E-state index < -0.39 is 5.91 Å². The molecule has 0 fully saturated rings. The van der Waals surface area contributed by atoms with Crippen LogP contribution in [0.15, 0.2) is 24.4 Å². The molecule has 0 atom stereocenters. The van der Waals surface area contributed by atoms with Crippen molar-refractivity contribution in [2.45, 2.75) is 0 Å². The molecule has 2 amide bonds. The van der Waals surface area contributed by atoms with Crippen molar-refractivity contribution in [2.75, 3.05) is 18.4 Å². The molecule has 0 radical (unpaired) electrons. The van der Waals surface area contributed by atoms with Gasteiger partial charge in [-0.15, -0.1) is 11.3 Å². The van der Waals surface area contributed by atoms with Crippen LogP contribution in [0.5, 0.6) is 0 Å². The summed E-state index contributed by atoms with van der Waals surface area (Å²) in [4.78, 5) is 27.6. The van der Waals surface area contributed by atoms with Gasteiger partial charge in [0.2, 0.25) is 0 Å². The van der Waals surface area contributed by atoms with Crippen molar-refractivity contribution < 1.29 is 9.59 Å². The highest BCUT2D eigenvalue weighted by atomic mass is 35.5. The Morgan fingerprint density at radius 1 is 1.23 bits per heavy atom. The van der Waals surface area contributed by atoms with Gasteiger partial charge in [-0.05, 0) is 18.2 Å². The van der Waals surface area contributed by atoms with Crippen LogP contribution >= 0.6 is 34.5 Å². The first kappa shape index (κ1) is 16.5. The van der Waals surface area contributed by atoms with Gasteiger partial charge in [0.25, 0.3) is 11.8 Å². The lowest BCUT2D eigenvalue weighted by molar-refractivity contribution is 0.0958. The van der Waals surface area contributed by atoms with Crippen LogP contribution in [0.1, 0.15) is 19.3 Å². The van der Waals surface area contributed by atoms with Crippen molar-refractivity contribution in [2.24, 2.45) is 5.73 Å². The molecule has 0 spiro atoms. The van der Waals surface area contributed by atoms with E-state index in [-0.39, 0.29) is 5.91 Å². The molecular weight excluding hydrogens is 347 g/mol. The smallest absolute Gasteiger partial charge is 0.261 e. The largest absolute Gasteiger partial charge is 0.367 e. The molecule has 0 aromatic carbocycles. The predicted molar refractivity (Wildman–Crippen MR) is 87.9 cm³/mol. The second-order valence-corrected chi connectivity index (χ2v) is 6.12. The number of halogens is 2. The fourth-order valence-electron chi connectivity index (χ4n) is 1.58. The molecule has 2 rings (SSSR count). The number of nitrogens with zero attached hydrogens (tertiary/aromatic N) is 1. The van der Waals surface area contributed by atoms with Crippen molar-refractivity contribution in [1.29, 1.82) is 0 Å². The minimum atomic E-state index is -0.547. The monoisotopic (exact) mass is 358 g/mol. The van der Waals surface area contributed by atoms with Gasteiger partial charge in [0.1, 0.15) is 5.82 Å². The molecule has 0 bridgehead atoms. The summed E-state index contributed by atoms with van der Waals surface area (Å²) in [5, 5.41) is 6.55. The zero-order chi connectivity index (χ0) is 16.1. The maximum absolute atomic E-state index is 11.9. The summed E-state index contributed by atoms with van der Waals surface area (Å²) >= 11 is 12.8. The van der Waals surface area contributed by atoms with Gasteiger partial charge in [0.05, 0.1) is 19.8 Å². The van der Waals surface area contributed by atoms with Crippen LogP contribution in [-0.4, -0.2) is 29.9 Å². The first-order chi connectivity index (χ1) is 10.5. The first-order valence-electron chi connectivity index (χ1n) is 6.20. The summed E-state index contributed by atoms with van der Waals surface area (Å²) in [6.45, 7) is 0.803. The van der Waals surface area contributed by atoms with Crippen molar-refractivity contribution in [3.8, 4) is 0 Å². The van der Waals surface area contributed by atoms with Crippen molar-refractivity contribution in [3.63, 3.8) is 0 Å². The molecule has 2 heterocycles. The minimum Gasteiger partial charge on any atom is -0.367 e. The van der Waals surface area contributed by atoms with Gasteiger partial charge in [-0.25, -0.2) is 4.98 Å². The predicted octanol–water partition coefficient (Wildman–Crippen LogP) is 2.39. The Kier molecular flexibility index (Phi) is 5.59. The lowest BCUT2D eigenvalue weighted by Gasteiger charge is -2.08. The van der Waals surface area contributed by atoms with Gasteiger partial charge in [0, 0.05) is 19.3 Å². The van der Waals surface area contributed by atoms with E-state index in [4.69, 9.17) is 28.9 Å². The van der Waals surface area contributed by atoms with Gasteiger partial charge in [0.15, 0.2) is 0 Å². The number of carbonyl (C=O) groups is 2. The molecule has 0 saturated carbocycles. The third-order valence-electron chi connectivity index (χ3n) is 2.58. The molecule has 2 aromatic rings. The quantitative estimate of drug-likeness (QED) is 0.690. The summed E-state index contributed by atoms with van der Waals surface area (Å²) in [5.74, 6) is -0.323. The number of thiophene rings is 1. The Morgan fingerprint density at radius 3 is 2.59 bits per heavy atom. The van der Waals surface area contributed by atoms with Crippen LogP contribution in [0.2, 0.25) is 10.0 Å². The highest BCUT2D eigenvalue weighted by Gasteiger charge is 2.11. The van der Waals surface area contributed by atoms with E-state index in [1.807, 2.05) is 0 Å². The van der Waals surface area contributed by atoms with Crippen LogP contribution < -0.4 is 16.4 Å². The number of anilines is 1. The van der Waals surface area contributed by atoms with E-state index >= 15 is 0 Å². The Balaban J connectivity index is 1.80. The minimum absolute atomic E-state index is 0.269. The molecule has 9 heteroatoms. The summed E-state index contributed by atoms with van der Waals surface area (Å²) < 4.78 is 0. The molecule has 0 unspecified atom stereocenters. The molecule has 6 nitrogen and oxygen atoms in total. The second kappa shape index (κ2) is 7.44. The van der Waals surface area contributed by atoms with E-state index in [0.29, 0.717) is 38.7 Å². The maximum atomic E-state index is 11.9. The number of hydrogen-bond acceptors (Lipinski definition) is 5. The molecular formula is C13H12Cl2N4O2S. The van der Waals surface area contributed by atoms with Crippen molar-refractivity contribution in [1.82, 2.24) is 10.3 Å². The van der Waals surface area contributed by atoms with Crippen molar-refractivity contribution in [3.05, 3.63) is 44.2 Å². The fourth-order valence-corrected chi connectivity index (χ4v) is 2.80. The maximum Gasteiger partial charge on any atom is 0.261 e. The van der Waals surface area contributed by atoms with Gasteiger partial charge in [-0.1, -0.05) is 23.2 Å². The van der Waals surface area contributed by atoms with Gasteiger partial charge >= 0.3 is 0 Å². The van der Waals surface area contributed by atoms with E-state index in [1.165, 1.54) is 12.3 Å². The number of primary amides is 1. The third-order valence-corrected chi connectivity index (χ3v) is 4.18. The molecule has 116 valence electrons. The summed E-state index contributed by atoms with van der Waals surface area (Å²) in [5.41, 5.74) is 5.14. The molecule has 2 aromatic heterocycles. The number of hydrogen-bond donors (Lipinski definition) is 3. The number of rotatable bonds is 6. The Morgan fingerprint density at radius 2 is 1.95 bits per heavy atom. The standard InChI is InChI=1S/C13H12Cl2N4O2S/c14-7-5-8(15)12(19-6-7)17-3-4-18-13(21)10-2-1-9(22-10)11(16)20/h1-2,5-6H,3-4H2,(H2,16,20)(H,17,19)(H,18,21). The second-order valence-electron chi connectivity index (χ2n) is 4.19. The van der Waals surface area contributed by atoms with E-state index in [2.05, 4.69) is 15.6 Å². The number of aromatic nitrogens is 1. The van der Waals surface area contributed by atoms with Crippen LogP contribution in [0.4, 0.5) is 5.82 Å². The number of nitrogens with two attached hydrogens (primary N) is 1. The van der Waals surface area contributed by atoms with Crippen LogP contribution in [0, 0.1) is 0 Å².